The van der Waals surface area contributed by atoms with Crippen LogP contribution in [0.4, 0.5) is 11.6 Å². The monoisotopic (exact) mass is 419 g/mol. The molecule has 158 valence electrons. The summed E-state index contributed by atoms with van der Waals surface area (Å²) in [5, 5.41) is 8.96. The predicted octanol–water partition coefficient (Wildman–Crippen LogP) is 3.30. The van der Waals surface area contributed by atoms with Crippen LogP contribution in [0.1, 0.15) is 28.4 Å². The van der Waals surface area contributed by atoms with Crippen LogP contribution < -0.4 is 20.1 Å². The lowest BCUT2D eigenvalue weighted by atomic mass is 10.1. The number of benzene rings is 2. The van der Waals surface area contributed by atoms with E-state index in [2.05, 4.69) is 4.98 Å². The maximum Gasteiger partial charge on any atom is 0.335 e. The summed E-state index contributed by atoms with van der Waals surface area (Å²) in [6, 6.07) is 18.8. The van der Waals surface area contributed by atoms with Crippen LogP contribution in [-0.4, -0.2) is 35.1 Å². The first kappa shape index (κ1) is 20.2. The number of aromatic carboxylic acids is 1. The minimum absolute atomic E-state index is 0.193. The average Bonchev–Trinajstić information content (AvgIpc) is 2.78. The number of hydrogen-bond acceptors (Lipinski definition) is 6. The molecule has 1 atom stereocenters. The molecule has 2 aromatic carbocycles. The van der Waals surface area contributed by atoms with Crippen molar-refractivity contribution in [2.75, 3.05) is 23.8 Å². The van der Waals surface area contributed by atoms with Crippen LogP contribution in [0.2, 0.25) is 0 Å². The molecule has 1 unspecified atom stereocenters. The number of fused-ring (bicyclic) bond motifs is 1. The number of amides is 1. The molecule has 8 heteroatoms. The van der Waals surface area contributed by atoms with Crippen molar-refractivity contribution in [2.24, 2.45) is 0 Å². The van der Waals surface area contributed by atoms with Gasteiger partial charge in [-0.25, -0.2) is 9.78 Å². The highest BCUT2D eigenvalue weighted by atomic mass is 16.5. The molecule has 2 heterocycles. The zero-order valence-corrected chi connectivity index (χ0v) is 16.6. The van der Waals surface area contributed by atoms with E-state index in [4.69, 9.17) is 20.3 Å². The highest BCUT2D eigenvalue weighted by molar-refractivity contribution is 5.99. The van der Waals surface area contributed by atoms with Gasteiger partial charge in [0.15, 0.2) is 11.6 Å². The van der Waals surface area contributed by atoms with Crippen molar-refractivity contribution in [3.8, 4) is 11.5 Å². The van der Waals surface area contributed by atoms with Gasteiger partial charge in [0.25, 0.3) is 5.91 Å². The third-order valence-corrected chi connectivity index (χ3v) is 4.85. The SMILES string of the molecule is Nc1ccc2c(n1)N(CCCOc1ccc(C(=O)O)cc1)C(=O)C(c1ccccc1)O2. The smallest absolute Gasteiger partial charge is 0.335 e. The molecule has 8 nitrogen and oxygen atoms in total. The molecule has 0 aliphatic carbocycles. The van der Waals surface area contributed by atoms with E-state index in [0.29, 0.717) is 42.7 Å². The van der Waals surface area contributed by atoms with Crippen molar-refractivity contribution in [1.29, 1.82) is 0 Å². The van der Waals surface area contributed by atoms with Gasteiger partial charge in [-0.3, -0.25) is 9.69 Å². The Morgan fingerprint density at radius 1 is 1.10 bits per heavy atom. The zero-order valence-electron chi connectivity index (χ0n) is 16.6. The number of nitrogens with two attached hydrogens (primary N) is 1. The third kappa shape index (κ3) is 4.42. The predicted molar refractivity (Wildman–Crippen MR) is 114 cm³/mol. The Balaban J connectivity index is 1.46. The second-order valence-electron chi connectivity index (χ2n) is 6.99. The van der Waals surface area contributed by atoms with Crippen LogP contribution in [0.5, 0.6) is 11.5 Å². The van der Waals surface area contributed by atoms with Gasteiger partial charge in [-0.05, 0) is 42.8 Å². The van der Waals surface area contributed by atoms with Gasteiger partial charge in [-0.2, -0.15) is 0 Å². The number of hydrogen-bond donors (Lipinski definition) is 2. The van der Waals surface area contributed by atoms with Crippen molar-refractivity contribution in [2.45, 2.75) is 12.5 Å². The lowest BCUT2D eigenvalue weighted by Gasteiger charge is -2.33. The summed E-state index contributed by atoms with van der Waals surface area (Å²) in [5.74, 6) is 0.533. The Morgan fingerprint density at radius 2 is 1.84 bits per heavy atom. The maximum atomic E-state index is 13.2. The second-order valence-corrected chi connectivity index (χ2v) is 6.99. The van der Waals surface area contributed by atoms with Crippen LogP contribution in [0, 0.1) is 0 Å². The molecule has 0 saturated carbocycles. The van der Waals surface area contributed by atoms with Crippen molar-refractivity contribution in [1.82, 2.24) is 4.98 Å². The van der Waals surface area contributed by atoms with Gasteiger partial charge in [0, 0.05) is 12.1 Å². The molecule has 1 aliphatic heterocycles. The standard InChI is InChI=1S/C23H21N3O5/c24-19-12-11-18-21(25-19)26(22(27)20(31-18)15-5-2-1-3-6-15)13-4-14-30-17-9-7-16(8-10-17)23(28)29/h1-3,5-12,20H,4,13-14H2,(H2,24,25)(H,28,29). The van der Waals surface area contributed by atoms with Crippen molar-refractivity contribution >= 4 is 23.5 Å². The fourth-order valence-corrected chi connectivity index (χ4v) is 3.32. The lowest BCUT2D eigenvalue weighted by Crippen LogP contribution is -2.42. The summed E-state index contributed by atoms with van der Waals surface area (Å²) in [4.78, 5) is 30.0. The van der Waals surface area contributed by atoms with Gasteiger partial charge < -0.3 is 20.3 Å². The van der Waals surface area contributed by atoms with E-state index in [-0.39, 0.29) is 11.5 Å². The van der Waals surface area contributed by atoms with Gasteiger partial charge in [0.2, 0.25) is 6.10 Å². The molecule has 4 rings (SSSR count). The fraction of sp³-hybridized carbons (Fsp3) is 0.174. The Hall–Kier alpha value is -4.07. The number of carboxylic acids is 1. The Kier molecular flexibility index (Phi) is 5.70. The zero-order chi connectivity index (χ0) is 21.8. The van der Waals surface area contributed by atoms with E-state index in [9.17, 15) is 9.59 Å². The van der Waals surface area contributed by atoms with Gasteiger partial charge in [-0.1, -0.05) is 30.3 Å². The largest absolute Gasteiger partial charge is 0.494 e. The van der Waals surface area contributed by atoms with Crippen LogP contribution in [0.3, 0.4) is 0 Å². The molecule has 3 aromatic rings. The molecule has 0 spiro atoms. The summed E-state index contributed by atoms with van der Waals surface area (Å²) in [6.45, 7) is 0.701. The first-order valence-corrected chi connectivity index (χ1v) is 9.78. The number of carboxylic acid groups (broad SMARTS) is 1. The number of rotatable bonds is 7. The molecule has 0 radical (unpaired) electrons. The summed E-state index contributed by atoms with van der Waals surface area (Å²) in [7, 11) is 0. The number of nitrogen functional groups attached to an aromatic ring is 1. The van der Waals surface area contributed by atoms with Crippen LogP contribution >= 0.6 is 0 Å². The highest BCUT2D eigenvalue weighted by Gasteiger charge is 2.36. The molecular weight excluding hydrogens is 398 g/mol. The summed E-state index contributed by atoms with van der Waals surface area (Å²) < 4.78 is 11.6. The summed E-state index contributed by atoms with van der Waals surface area (Å²) >= 11 is 0. The number of anilines is 2. The molecule has 3 N–H and O–H groups in total. The van der Waals surface area contributed by atoms with E-state index in [0.717, 1.165) is 5.56 Å². The van der Waals surface area contributed by atoms with Crippen molar-refractivity contribution in [3.63, 3.8) is 0 Å². The fourth-order valence-electron chi connectivity index (χ4n) is 3.32. The van der Waals surface area contributed by atoms with Gasteiger partial charge >= 0.3 is 5.97 Å². The van der Waals surface area contributed by atoms with Crippen LogP contribution in [0.25, 0.3) is 0 Å². The van der Waals surface area contributed by atoms with Gasteiger partial charge in [0.1, 0.15) is 11.6 Å². The average molecular weight is 419 g/mol. The number of aromatic nitrogens is 1. The minimum atomic E-state index is -0.990. The van der Waals surface area contributed by atoms with E-state index < -0.39 is 12.1 Å². The minimum Gasteiger partial charge on any atom is -0.494 e. The number of ether oxygens (including phenoxy) is 2. The van der Waals surface area contributed by atoms with Crippen molar-refractivity contribution < 1.29 is 24.2 Å². The number of nitrogens with zero attached hydrogens (tertiary/aromatic N) is 2. The Morgan fingerprint density at radius 3 is 2.55 bits per heavy atom. The van der Waals surface area contributed by atoms with E-state index in [1.165, 1.54) is 12.1 Å². The highest BCUT2D eigenvalue weighted by Crippen LogP contribution is 2.38. The van der Waals surface area contributed by atoms with Crippen LogP contribution in [0.15, 0.2) is 66.7 Å². The molecule has 0 saturated heterocycles. The maximum absolute atomic E-state index is 13.2. The molecule has 0 fully saturated rings. The van der Waals surface area contributed by atoms with E-state index >= 15 is 0 Å². The number of pyridine rings is 1. The summed E-state index contributed by atoms with van der Waals surface area (Å²) in [5.41, 5.74) is 6.78. The lowest BCUT2D eigenvalue weighted by molar-refractivity contribution is -0.126. The topological polar surface area (TPSA) is 115 Å². The second kappa shape index (κ2) is 8.74. The molecule has 31 heavy (non-hydrogen) atoms. The number of carbonyl (C=O) groups excluding carboxylic acids is 1. The molecular formula is C23H21N3O5. The third-order valence-electron chi connectivity index (χ3n) is 4.85. The number of carbonyl (C=O) groups is 2. The molecule has 1 amide bonds. The Labute approximate surface area is 178 Å². The van der Waals surface area contributed by atoms with Crippen molar-refractivity contribution in [3.05, 3.63) is 77.9 Å². The normalized spacial score (nSPS) is 15.2. The van der Waals surface area contributed by atoms with E-state index in [1.54, 1.807) is 29.2 Å². The molecule has 1 aromatic heterocycles. The van der Waals surface area contributed by atoms with Gasteiger partial charge in [-0.15, -0.1) is 0 Å². The Bertz CT molecular complexity index is 1090. The van der Waals surface area contributed by atoms with Gasteiger partial charge in [0.05, 0.1) is 12.2 Å². The first-order valence-electron chi connectivity index (χ1n) is 9.78. The summed E-state index contributed by atoms with van der Waals surface area (Å²) in [6.07, 6.45) is -0.229. The first-order chi connectivity index (χ1) is 15.0. The molecule has 1 aliphatic rings. The molecule has 0 bridgehead atoms. The van der Waals surface area contributed by atoms with E-state index in [1.807, 2.05) is 30.3 Å². The van der Waals surface area contributed by atoms with Crippen LogP contribution in [-0.2, 0) is 4.79 Å². The quantitative estimate of drug-likeness (QED) is 0.565.